The molecule has 0 amide bonds. The minimum atomic E-state index is -0.299. The van der Waals surface area contributed by atoms with Crippen LogP contribution in [-0.2, 0) is 4.74 Å². The highest BCUT2D eigenvalue weighted by molar-refractivity contribution is 4.84. The van der Waals surface area contributed by atoms with Crippen LogP contribution in [-0.4, -0.2) is 48.0 Å². The quantitative estimate of drug-likeness (QED) is 0.673. The zero-order valence-corrected chi connectivity index (χ0v) is 8.16. The molecule has 1 fully saturated rings. The first kappa shape index (κ1) is 9.96. The Bertz CT molecular complexity index is 138. The number of likely N-dealkylation sites (N-methyl/N-ethyl adjacent to an activating group) is 1. The molecule has 1 saturated heterocycles. The van der Waals surface area contributed by atoms with Crippen LogP contribution in [0.5, 0.6) is 0 Å². The van der Waals surface area contributed by atoms with Crippen LogP contribution in [0, 0.1) is 0 Å². The Balaban J connectivity index is 2.35. The van der Waals surface area contributed by atoms with E-state index in [0.717, 1.165) is 19.6 Å². The van der Waals surface area contributed by atoms with Crippen molar-refractivity contribution in [3.63, 3.8) is 0 Å². The number of nitrogens with zero attached hydrogens (tertiary/aromatic N) is 1. The summed E-state index contributed by atoms with van der Waals surface area (Å²) in [6, 6.07) is 0. The van der Waals surface area contributed by atoms with E-state index in [2.05, 4.69) is 11.8 Å². The van der Waals surface area contributed by atoms with E-state index in [1.54, 1.807) is 0 Å². The Hall–Kier alpha value is -0.120. The smallest absolute Gasteiger partial charge is 0.0976 e. The van der Waals surface area contributed by atoms with Gasteiger partial charge in [-0.1, -0.05) is 6.92 Å². The molecule has 0 aromatic heterocycles. The zero-order chi connectivity index (χ0) is 9.14. The number of rotatable bonds is 3. The first-order valence-electron chi connectivity index (χ1n) is 4.69. The van der Waals surface area contributed by atoms with Gasteiger partial charge in [0.15, 0.2) is 0 Å². The van der Waals surface area contributed by atoms with Gasteiger partial charge in [-0.05, 0) is 20.4 Å². The lowest BCUT2D eigenvalue weighted by atomic mass is 10.2. The predicted octanol–water partition coefficient (Wildman–Crippen LogP) is 0.476. The first-order valence-corrected chi connectivity index (χ1v) is 4.69. The molecule has 0 aromatic carbocycles. The molecule has 0 radical (unpaired) electrons. The van der Waals surface area contributed by atoms with Crippen LogP contribution < -0.4 is 0 Å². The van der Waals surface area contributed by atoms with E-state index in [9.17, 15) is 5.11 Å². The highest BCUT2D eigenvalue weighted by atomic mass is 16.5. The van der Waals surface area contributed by atoms with Gasteiger partial charge < -0.3 is 9.84 Å². The van der Waals surface area contributed by atoms with Crippen molar-refractivity contribution in [2.45, 2.75) is 39.1 Å². The molecule has 1 aliphatic rings. The van der Waals surface area contributed by atoms with Gasteiger partial charge in [0.2, 0.25) is 0 Å². The summed E-state index contributed by atoms with van der Waals surface area (Å²) in [7, 11) is 0. The van der Waals surface area contributed by atoms with Gasteiger partial charge in [0.05, 0.1) is 18.3 Å². The number of hydrogen-bond donors (Lipinski definition) is 1. The maximum atomic E-state index is 9.57. The summed E-state index contributed by atoms with van der Waals surface area (Å²) >= 11 is 0. The summed E-state index contributed by atoms with van der Waals surface area (Å²) in [5.41, 5.74) is 0. The van der Waals surface area contributed by atoms with Crippen LogP contribution in [0.2, 0.25) is 0 Å². The average molecular weight is 173 g/mol. The molecule has 72 valence electrons. The van der Waals surface area contributed by atoms with E-state index in [-0.39, 0.29) is 18.3 Å². The third-order valence-electron chi connectivity index (χ3n) is 2.21. The van der Waals surface area contributed by atoms with Crippen LogP contribution in [0.3, 0.4) is 0 Å². The molecule has 1 heterocycles. The van der Waals surface area contributed by atoms with E-state index in [1.807, 2.05) is 13.8 Å². The summed E-state index contributed by atoms with van der Waals surface area (Å²) in [6.45, 7) is 8.73. The van der Waals surface area contributed by atoms with E-state index < -0.39 is 0 Å². The summed E-state index contributed by atoms with van der Waals surface area (Å²) < 4.78 is 5.56. The average Bonchev–Trinajstić information content (AvgIpc) is 2.31. The Morgan fingerprint density at radius 2 is 2.17 bits per heavy atom. The normalized spacial score (nSPS) is 31.8. The third-order valence-corrected chi connectivity index (χ3v) is 2.21. The molecule has 1 aliphatic heterocycles. The van der Waals surface area contributed by atoms with Gasteiger partial charge in [-0.25, -0.2) is 0 Å². The highest BCUT2D eigenvalue weighted by Crippen LogP contribution is 2.14. The number of β-amino-alcohol motifs (C(OH)–C–C–N with tert-alkyl or cyclic N) is 1. The third kappa shape index (κ3) is 2.44. The standard InChI is InChI=1S/C9H19NO2/c1-4-10-5-8(11)9(6-10)12-7(2)3/h7-9,11H,4-6H2,1-3H3/t8-,9+/m0/s1. The molecule has 3 heteroatoms. The van der Waals surface area contributed by atoms with Gasteiger partial charge in [-0.3, -0.25) is 4.90 Å². The summed E-state index contributed by atoms with van der Waals surface area (Å²) in [4.78, 5) is 2.21. The maximum absolute atomic E-state index is 9.57. The molecule has 2 atom stereocenters. The van der Waals surface area contributed by atoms with Crippen molar-refractivity contribution in [1.29, 1.82) is 0 Å². The SMILES string of the molecule is CCN1C[C@H](O)[C@H](OC(C)C)C1. The van der Waals surface area contributed by atoms with Gasteiger partial charge in [0.1, 0.15) is 0 Å². The molecule has 0 unspecified atom stereocenters. The van der Waals surface area contributed by atoms with E-state index >= 15 is 0 Å². The molecule has 12 heavy (non-hydrogen) atoms. The maximum Gasteiger partial charge on any atom is 0.0976 e. The van der Waals surface area contributed by atoms with Crippen molar-refractivity contribution in [2.75, 3.05) is 19.6 Å². The Morgan fingerprint density at radius 1 is 1.50 bits per heavy atom. The second kappa shape index (κ2) is 4.21. The summed E-state index contributed by atoms with van der Waals surface area (Å²) in [5.74, 6) is 0. The summed E-state index contributed by atoms with van der Waals surface area (Å²) in [6.07, 6.45) is -0.0706. The van der Waals surface area contributed by atoms with E-state index in [4.69, 9.17) is 4.74 Å². The molecule has 3 nitrogen and oxygen atoms in total. The largest absolute Gasteiger partial charge is 0.389 e. The number of likely N-dealkylation sites (tertiary alicyclic amines) is 1. The first-order chi connectivity index (χ1) is 5.63. The highest BCUT2D eigenvalue weighted by Gasteiger charge is 2.31. The van der Waals surface area contributed by atoms with E-state index in [1.165, 1.54) is 0 Å². The van der Waals surface area contributed by atoms with Crippen LogP contribution in [0.15, 0.2) is 0 Å². The topological polar surface area (TPSA) is 32.7 Å². The minimum Gasteiger partial charge on any atom is -0.389 e. The second-order valence-electron chi connectivity index (χ2n) is 3.64. The van der Waals surface area contributed by atoms with Gasteiger partial charge >= 0.3 is 0 Å². The fraction of sp³-hybridized carbons (Fsp3) is 1.00. The molecule has 0 aromatic rings. The van der Waals surface area contributed by atoms with Crippen molar-refractivity contribution in [1.82, 2.24) is 4.90 Å². The van der Waals surface area contributed by atoms with Crippen molar-refractivity contribution in [2.24, 2.45) is 0 Å². The number of aliphatic hydroxyl groups excluding tert-OH is 1. The van der Waals surface area contributed by atoms with Crippen LogP contribution in [0.1, 0.15) is 20.8 Å². The lowest BCUT2D eigenvalue weighted by Crippen LogP contribution is -2.29. The number of hydrogen-bond acceptors (Lipinski definition) is 3. The van der Waals surface area contributed by atoms with Gasteiger partial charge in [-0.15, -0.1) is 0 Å². The molecule has 0 bridgehead atoms. The Morgan fingerprint density at radius 3 is 2.58 bits per heavy atom. The van der Waals surface area contributed by atoms with Crippen molar-refractivity contribution >= 4 is 0 Å². The summed E-state index contributed by atoms with van der Waals surface area (Å²) in [5, 5.41) is 9.57. The monoisotopic (exact) mass is 173 g/mol. The van der Waals surface area contributed by atoms with Gasteiger partial charge in [0, 0.05) is 13.1 Å². The Labute approximate surface area is 74.3 Å². The predicted molar refractivity (Wildman–Crippen MR) is 48.1 cm³/mol. The number of ether oxygens (including phenoxy) is 1. The molecule has 0 spiro atoms. The lowest BCUT2D eigenvalue weighted by molar-refractivity contribution is -0.0395. The lowest BCUT2D eigenvalue weighted by Gasteiger charge is -2.17. The van der Waals surface area contributed by atoms with Crippen LogP contribution >= 0.6 is 0 Å². The molecular weight excluding hydrogens is 154 g/mol. The molecular formula is C9H19NO2. The fourth-order valence-corrected chi connectivity index (χ4v) is 1.57. The van der Waals surface area contributed by atoms with Crippen LogP contribution in [0.25, 0.3) is 0 Å². The molecule has 0 saturated carbocycles. The molecule has 1 rings (SSSR count). The second-order valence-corrected chi connectivity index (χ2v) is 3.64. The van der Waals surface area contributed by atoms with Gasteiger partial charge in [0.25, 0.3) is 0 Å². The zero-order valence-electron chi connectivity index (χ0n) is 8.16. The molecule has 0 aliphatic carbocycles. The van der Waals surface area contributed by atoms with E-state index in [0.29, 0.717) is 0 Å². The van der Waals surface area contributed by atoms with Crippen molar-refractivity contribution < 1.29 is 9.84 Å². The van der Waals surface area contributed by atoms with Gasteiger partial charge in [-0.2, -0.15) is 0 Å². The number of aliphatic hydroxyl groups is 1. The van der Waals surface area contributed by atoms with Crippen molar-refractivity contribution in [3.05, 3.63) is 0 Å². The minimum absolute atomic E-state index is 0.0185. The molecule has 1 N–H and O–H groups in total. The van der Waals surface area contributed by atoms with Crippen molar-refractivity contribution in [3.8, 4) is 0 Å². The Kier molecular flexibility index (Phi) is 3.50. The van der Waals surface area contributed by atoms with Crippen LogP contribution in [0.4, 0.5) is 0 Å². The fourth-order valence-electron chi connectivity index (χ4n) is 1.57.